The molecule has 3 rings (SSSR count). The number of thioether (sulfide) groups is 1. The quantitative estimate of drug-likeness (QED) is 0.831. The summed E-state index contributed by atoms with van der Waals surface area (Å²) in [6, 6.07) is 6.62. The number of benzene rings is 1. The number of carbonyl (C=O) groups is 1. The maximum atomic E-state index is 13.1. The van der Waals surface area contributed by atoms with Crippen molar-refractivity contribution in [3.8, 4) is 0 Å². The molecule has 1 aromatic heterocycles. The Hall–Kier alpha value is -1.96. The molecule has 0 spiro atoms. The SMILES string of the molecule is O=C(CSCc1nnnn1C1CCCC1)NCc1cccc(F)c1. The summed E-state index contributed by atoms with van der Waals surface area (Å²) in [5.41, 5.74) is 0.749. The zero-order valence-electron chi connectivity index (χ0n) is 13.3. The third-order valence-electron chi connectivity index (χ3n) is 4.07. The average molecular weight is 349 g/mol. The molecule has 1 N–H and O–H groups in total. The number of carbonyl (C=O) groups excluding carboxylic acids is 1. The van der Waals surface area contributed by atoms with Gasteiger partial charge in [0.2, 0.25) is 5.91 Å². The van der Waals surface area contributed by atoms with Crippen molar-refractivity contribution in [3.63, 3.8) is 0 Å². The van der Waals surface area contributed by atoms with Gasteiger partial charge in [-0.25, -0.2) is 9.07 Å². The van der Waals surface area contributed by atoms with E-state index < -0.39 is 0 Å². The van der Waals surface area contributed by atoms with E-state index in [-0.39, 0.29) is 11.7 Å². The van der Waals surface area contributed by atoms with Crippen molar-refractivity contribution in [2.45, 2.75) is 44.0 Å². The molecule has 1 heterocycles. The van der Waals surface area contributed by atoms with Crippen LogP contribution < -0.4 is 5.32 Å². The number of nitrogens with zero attached hydrogens (tertiary/aromatic N) is 4. The molecule has 1 aromatic carbocycles. The number of tetrazole rings is 1. The van der Waals surface area contributed by atoms with Crippen molar-refractivity contribution in [2.75, 3.05) is 5.75 Å². The van der Waals surface area contributed by atoms with Gasteiger partial charge in [-0.3, -0.25) is 4.79 Å². The van der Waals surface area contributed by atoms with Crippen LogP contribution in [0.1, 0.15) is 43.1 Å². The van der Waals surface area contributed by atoms with Crippen LogP contribution in [0.2, 0.25) is 0 Å². The molecular formula is C16H20FN5OS. The predicted molar refractivity (Wildman–Crippen MR) is 89.7 cm³/mol. The Balaban J connectivity index is 1.41. The summed E-state index contributed by atoms with van der Waals surface area (Å²) in [6.07, 6.45) is 4.69. The predicted octanol–water partition coefficient (Wildman–Crippen LogP) is 2.48. The van der Waals surface area contributed by atoms with Crippen LogP contribution in [0.15, 0.2) is 24.3 Å². The minimum atomic E-state index is -0.296. The van der Waals surface area contributed by atoms with Gasteiger partial charge in [-0.2, -0.15) is 0 Å². The number of aromatic nitrogens is 4. The van der Waals surface area contributed by atoms with E-state index in [0.29, 0.717) is 24.1 Å². The van der Waals surface area contributed by atoms with Crippen LogP contribution in [-0.2, 0) is 17.1 Å². The smallest absolute Gasteiger partial charge is 0.230 e. The first kappa shape index (κ1) is 16.9. The van der Waals surface area contributed by atoms with E-state index in [9.17, 15) is 9.18 Å². The highest BCUT2D eigenvalue weighted by Crippen LogP contribution is 2.29. The fraction of sp³-hybridized carbons (Fsp3) is 0.500. The lowest BCUT2D eigenvalue weighted by molar-refractivity contribution is -0.118. The molecule has 0 saturated heterocycles. The highest BCUT2D eigenvalue weighted by Gasteiger charge is 2.21. The summed E-state index contributed by atoms with van der Waals surface area (Å²) in [6.45, 7) is 0.330. The van der Waals surface area contributed by atoms with Gasteiger partial charge in [0.25, 0.3) is 0 Å². The summed E-state index contributed by atoms with van der Waals surface area (Å²) < 4.78 is 15.0. The molecule has 1 saturated carbocycles. The highest BCUT2D eigenvalue weighted by molar-refractivity contribution is 7.99. The topological polar surface area (TPSA) is 72.7 Å². The van der Waals surface area contributed by atoms with E-state index >= 15 is 0 Å². The molecule has 24 heavy (non-hydrogen) atoms. The van der Waals surface area contributed by atoms with E-state index in [0.717, 1.165) is 24.2 Å². The number of nitrogens with one attached hydrogen (secondary N) is 1. The van der Waals surface area contributed by atoms with Crippen LogP contribution in [0.4, 0.5) is 4.39 Å². The largest absolute Gasteiger partial charge is 0.351 e. The van der Waals surface area contributed by atoms with Crippen molar-refractivity contribution in [3.05, 3.63) is 41.5 Å². The normalized spacial score (nSPS) is 14.9. The number of amides is 1. The Morgan fingerprint density at radius 2 is 2.21 bits per heavy atom. The highest BCUT2D eigenvalue weighted by atomic mass is 32.2. The van der Waals surface area contributed by atoms with Gasteiger partial charge in [0.1, 0.15) is 5.82 Å². The number of halogens is 1. The van der Waals surface area contributed by atoms with Gasteiger partial charge in [-0.1, -0.05) is 25.0 Å². The summed E-state index contributed by atoms with van der Waals surface area (Å²) in [5, 5.41) is 14.7. The van der Waals surface area contributed by atoms with Gasteiger partial charge in [-0.05, 0) is 41.0 Å². The fourth-order valence-electron chi connectivity index (χ4n) is 2.87. The Labute approximate surface area is 144 Å². The van der Waals surface area contributed by atoms with Gasteiger partial charge >= 0.3 is 0 Å². The molecule has 0 atom stereocenters. The average Bonchev–Trinajstić information content (AvgIpc) is 3.24. The summed E-state index contributed by atoms with van der Waals surface area (Å²) >= 11 is 1.48. The zero-order chi connectivity index (χ0) is 16.8. The van der Waals surface area contributed by atoms with Gasteiger partial charge in [0.05, 0.1) is 17.5 Å². The van der Waals surface area contributed by atoms with Gasteiger partial charge in [-0.15, -0.1) is 16.9 Å². The van der Waals surface area contributed by atoms with E-state index in [2.05, 4.69) is 20.8 Å². The van der Waals surface area contributed by atoms with Crippen LogP contribution in [-0.4, -0.2) is 31.9 Å². The van der Waals surface area contributed by atoms with Crippen LogP contribution in [0.25, 0.3) is 0 Å². The molecule has 1 fully saturated rings. The van der Waals surface area contributed by atoms with Gasteiger partial charge < -0.3 is 5.32 Å². The van der Waals surface area contributed by atoms with Crippen molar-refractivity contribution in [1.29, 1.82) is 0 Å². The summed E-state index contributed by atoms with van der Waals surface area (Å²) in [5.74, 6) is 1.38. The van der Waals surface area contributed by atoms with Crippen LogP contribution in [0.5, 0.6) is 0 Å². The second-order valence-electron chi connectivity index (χ2n) is 5.88. The second kappa shape index (κ2) is 8.23. The van der Waals surface area contributed by atoms with E-state index in [4.69, 9.17) is 0 Å². The lowest BCUT2D eigenvalue weighted by Crippen LogP contribution is -2.24. The minimum Gasteiger partial charge on any atom is -0.351 e. The molecule has 1 amide bonds. The molecule has 128 valence electrons. The summed E-state index contributed by atoms with van der Waals surface area (Å²) in [7, 11) is 0. The fourth-order valence-corrected chi connectivity index (χ4v) is 3.64. The maximum Gasteiger partial charge on any atom is 0.230 e. The van der Waals surface area contributed by atoms with Crippen molar-refractivity contribution < 1.29 is 9.18 Å². The number of hydrogen-bond donors (Lipinski definition) is 1. The van der Waals surface area contributed by atoms with Crippen LogP contribution in [0, 0.1) is 5.82 Å². The molecule has 0 radical (unpaired) electrons. The van der Waals surface area contributed by atoms with Crippen molar-refractivity contribution >= 4 is 17.7 Å². The first-order valence-corrected chi connectivity index (χ1v) is 9.23. The lowest BCUT2D eigenvalue weighted by Gasteiger charge is -2.11. The van der Waals surface area contributed by atoms with E-state index in [1.54, 1.807) is 12.1 Å². The van der Waals surface area contributed by atoms with Crippen molar-refractivity contribution in [2.24, 2.45) is 0 Å². The number of rotatable bonds is 7. The number of hydrogen-bond acceptors (Lipinski definition) is 5. The molecular weight excluding hydrogens is 329 g/mol. The summed E-state index contributed by atoms with van der Waals surface area (Å²) in [4.78, 5) is 11.9. The Morgan fingerprint density at radius 3 is 3.00 bits per heavy atom. The first-order chi connectivity index (χ1) is 11.7. The van der Waals surface area contributed by atoms with Gasteiger partial charge in [0.15, 0.2) is 5.82 Å². The van der Waals surface area contributed by atoms with E-state index in [1.165, 1.54) is 36.7 Å². The minimum absolute atomic E-state index is 0.0795. The molecule has 0 aliphatic heterocycles. The Morgan fingerprint density at radius 1 is 1.38 bits per heavy atom. The second-order valence-corrected chi connectivity index (χ2v) is 6.86. The van der Waals surface area contributed by atoms with Crippen molar-refractivity contribution in [1.82, 2.24) is 25.5 Å². The molecule has 0 unspecified atom stereocenters. The Kier molecular flexibility index (Phi) is 5.79. The van der Waals surface area contributed by atoms with Gasteiger partial charge in [0, 0.05) is 6.54 Å². The first-order valence-electron chi connectivity index (χ1n) is 8.08. The van der Waals surface area contributed by atoms with Crippen LogP contribution in [0.3, 0.4) is 0 Å². The third-order valence-corrected chi connectivity index (χ3v) is 5.00. The monoisotopic (exact) mass is 349 g/mol. The third kappa shape index (κ3) is 4.53. The molecule has 1 aliphatic carbocycles. The van der Waals surface area contributed by atoms with E-state index in [1.807, 2.05) is 4.68 Å². The zero-order valence-corrected chi connectivity index (χ0v) is 14.1. The Bertz CT molecular complexity index is 687. The maximum absolute atomic E-state index is 13.1. The lowest BCUT2D eigenvalue weighted by atomic mass is 10.2. The standard InChI is InChI=1S/C16H20FN5OS/c17-13-5-3-4-12(8-13)9-18-16(23)11-24-10-15-19-20-21-22(15)14-6-1-2-7-14/h3-5,8,14H,1-2,6-7,9-11H2,(H,18,23). The molecule has 1 aliphatic rings. The molecule has 2 aromatic rings. The molecule has 6 nitrogen and oxygen atoms in total. The van der Waals surface area contributed by atoms with Crippen LogP contribution >= 0.6 is 11.8 Å². The molecule has 0 bridgehead atoms. The molecule has 8 heteroatoms.